The molecule has 8 heteroatoms. The quantitative estimate of drug-likeness (QED) is 0.791. The number of aryl methyl sites for hydroxylation is 1. The van der Waals surface area contributed by atoms with E-state index in [0.29, 0.717) is 24.0 Å². The number of rotatable bonds is 3. The average molecular weight is 387 g/mol. The molecule has 0 N–H and O–H groups in total. The van der Waals surface area contributed by atoms with Crippen LogP contribution in [0, 0.1) is 6.92 Å². The van der Waals surface area contributed by atoms with E-state index in [9.17, 15) is 8.42 Å². The molecule has 6 nitrogen and oxygen atoms in total. The second kappa shape index (κ2) is 6.90. The van der Waals surface area contributed by atoms with Gasteiger partial charge in [0.15, 0.2) is 0 Å². The average Bonchev–Trinajstić information content (AvgIpc) is 3.24. The molecule has 1 aromatic heterocycles. The fraction of sp³-hybridized carbons (Fsp3) is 0.765. The Kier molecular flexibility index (Phi) is 4.94. The molecule has 0 aliphatic carbocycles. The number of hydrogen-bond acceptors (Lipinski definition) is 6. The van der Waals surface area contributed by atoms with Crippen molar-refractivity contribution in [3.63, 3.8) is 0 Å². The molecule has 0 radical (unpaired) electrons. The summed E-state index contributed by atoms with van der Waals surface area (Å²) in [5.74, 6) is 0. The second-order valence-electron chi connectivity index (χ2n) is 7.30. The lowest BCUT2D eigenvalue weighted by Gasteiger charge is -2.38. The van der Waals surface area contributed by atoms with E-state index in [1.165, 1.54) is 11.3 Å². The molecular formula is C17H26N2O4S2. The minimum atomic E-state index is -3.36. The van der Waals surface area contributed by atoms with Gasteiger partial charge in [-0.1, -0.05) is 0 Å². The Hall–Kier alpha value is -0.510. The fourth-order valence-corrected chi connectivity index (χ4v) is 6.74. The Morgan fingerprint density at radius 2 is 1.92 bits per heavy atom. The molecule has 25 heavy (non-hydrogen) atoms. The van der Waals surface area contributed by atoms with Gasteiger partial charge in [0.1, 0.15) is 0 Å². The summed E-state index contributed by atoms with van der Waals surface area (Å²) in [5.41, 5.74) is -0.139. The molecule has 1 spiro atoms. The van der Waals surface area contributed by atoms with Gasteiger partial charge in [-0.3, -0.25) is 4.90 Å². The molecule has 3 fully saturated rings. The van der Waals surface area contributed by atoms with Crippen molar-refractivity contribution >= 4 is 21.4 Å². The summed E-state index contributed by atoms with van der Waals surface area (Å²) < 4.78 is 38.9. The largest absolute Gasteiger partial charge is 0.379 e. The van der Waals surface area contributed by atoms with Crippen LogP contribution in [0.4, 0.5) is 0 Å². The molecule has 0 amide bonds. The molecule has 1 unspecified atom stereocenters. The molecule has 0 bridgehead atoms. The van der Waals surface area contributed by atoms with Crippen molar-refractivity contribution in [1.29, 1.82) is 0 Å². The SMILES string of the molecule is Cc1cc(S(=O)(=O)N2CCC3(CC2)CC(N2CCOCC2)CO3)cs1. The number of sulfonamides is 1. The maximum atomic E-state index is 12.8. The zero-order valence-electron chi connectivity index (χ0n) is 14.6. The van der Waals surface area contributed by atoms with Gasteiger partial charge >= 0.3 is 0 Å². The van der Waals surface area contributed by atoms with Crippen LogP contribution in [0.2, 0.25) is 0 Å². The molecule has 0 saturated carbocycles. The third-order valence-corrected chi connectivity index (χ3v) is 8.62. The van der Waals surface area contributed by atoms with Crippen LogP contribution >= 0.6 is 11.3 Å². The number of morpholine rings is 1. The third kappa shape index (κ3) is 3.52. The van der Waals surface area contributed by atoms with Crippen LogP contribution in [0.5, 0.6) is 0 Å². The molecule has 0 aromatic carbocycles. The Labute approximate surface area is 153 Å². The zero-order valence-corrected chi connectivity index (χ0v) is 16.3. The summed E-state index contributed by atoms with van der Waals surface area (Å²) in [6, 6.07) is 2.22. The van der Waals surface area contributed by atoms with Gasteiger partial charge in [-0.2, -0.15) is 4.31 Å². The number of nitrogens with zero attached hydrogens (tertiary/aromatic N) is 2. The summed E-state index contributed by atoms with van der Waals surface area (Å²) in [5, 5.41) is 1.75. The van der Waals surface area contributed by atoms with E-state index >= 15 is 0 Å². The molecule has 4 heterocycles. The van der Waals surface area contributed by atoms with Crippen LogP contribution in [0.1, 0.15) is 24.1 Å². The van der Waals surface area contributed by atoms with Gasteiger partial charge < -0.3 is 9.47 Å². The molecule has 4 rings (SSSR count). The van der Waals surface area contributed by atoms with E-state index in [4.69, 9.17) is 9.47 Å². The maximum Gasteiger partial charge on any atom is 0.243 e. The van der Waals surface area contributed by atoms with Gasteiger partial charge in [0, 0.05) is 42.5 Å². The molecule has 3 aliphatic rings. The topological polar surface area (TPSA) is 59.1 Å². The van der Waals surface area contributed by atoms with Crippen molar-refractivity contribution in [1.82, 2.24) is 9.21 Å². The minimum Gasteiger partial charge on any atom is -0.379 e. The summed E-state index contributed by atoms with van der Waals surface area (Å²) in [6.07, 6.45) is 2.59. The van der Waals surface area contributed by atoms with Crippen LogP contribution in [-0.4, -0.2) is 75.3 Å². The molecule has 140 valence electrons. The van der Waals surface area contributed by atoms with E-state index in [-0.39, 0.29) is 5.60 Å². The second-order valence-corrected chi connectivity index (χ2v) is 10.4. The van der Waals surface area contributed by atoms with Crippen molar-refractivity contribution < 1.29 is 17.9 Å². The third-order valence-electron chi connectivity index (χ3n) is 5.73. The van der Waals surface area contributed by atoms with E-state index in [1.807, 2.05) is 6.92 Å². The van der Waals surface area contributed by atoms with Gasteiger partial charge in [0.2, 0.25) is 10.0 Å². The van der Waals surface area contributed by atoms with Gasteiger partial charge in [-0.05, 0) is 32.3 Å². The minimum absolute atomic E-state index is 0.139. The predicted molar refractivity (Wildman–Crippen MR) is 96.5 cm³/mol. The van der Waals surface area contributed by atoms with Crippen molar-refractivity contribution in [2.24, 2.45) is 0 Å². The number of ether oxygens (including phenoxy) is 2. The first-order valence-electron chi connectivity index (χ1n) is 9.00. The molecule has 3 saturated heterocycles. The highest BCUT2D eigenvalue weighted by Gasteiger charge is 2.46. The van der Waals surface area contributed by atoms with Crippen LogP contribution in [0.25, 0.3) is 0 Å². The van der Waals surface area contributed by atoms with E-state index in [0.717, 1.165) is 57.0 Å². The standard InChI is InChI=1S/C17H26N2O4S2/c1-14-10-16(13-24-14)25(20,21)19-4-2-17(3-5-19)11-15(12-23-17)18-6-8-22-9-7-18/h10,13,15H,2-9,11-12H2,1H3. The Morgan fingerprint density at radius 3 is 2.56 bits per heavy atom. The van der Waals surface area contributed by atoms with Crippen LogP contribution in [-0.2, 0) is 19.5 Å². The summed E-state index contributed by atoms with van der Waals surface area (Å²) >= 11 is 1.48. The Bertz CT molecular complexity index is 704. The van der Waals surface area contributed by atoms with Crippen LogP contribution < -0.4 is 0 Å². The van der Waals surface area contributed by atoms with E-state index in [1.54, 1.807) is 15.8 Å². The lowest BCUT2D eigenvalue weighted by Crippen LogP contribution is -2.48. The normalized spacial score (nSPS) is 28.6. The highest BCUT2D eigenvalue weighted by atomic mass is 32.2. The van der Waals surface area contributed by atoms with Crippen LogP contribution in [0.15, 0.2) is 16.3 Å². The number of hydrogen-bond donors (Lipinski definition) is 0. The number of piperidine rings is 1. The van der Waals surface area contributed by atoms with Crippen molar-refractivity contribution in [2.75, 3.05) is 46.0 Å². The summed E-state index contributed by atoms with van der Waals surface area (Å²) in [4.78, 5) is 3.93. The van der Waals surface area contributed by atoms with E-state index in [2.05, 4.69) is 4.90 Å². The summed E-state index contributed by atoms with van der Waals surface area (Å²) in [6.45, 7) is 7.35. The first-order valence-corrected chi connectivity index (χ1v) is 11.3. The van der Waals surface area contributed by atoms with Gasteiger partial charge in [0.25, 0.3) is 0 Å². The van der Waals surface area contributed by atoms with Gasteiger partial charge in [-0.25, -0.2) is 8.42 Å². The van der Waals surface area contributed by atoms with Crippen molar-refractivity contribution in [2.45, 2.75) is 42.7 Å². The van der Waals surface area contributed by atoms with Gasteiger partial charge in [-0.15, -0.1) is 11.3 Å². The zero-order chi connectivity index (χ0) is 17.5. The Balaban J connectivity index is 1.38. The van der Waals surface area contributed by atoms with Crippen molar-refractivity contribution in [3.8, 4) is 0 Å². The van der Waals surface area contributed by atoms with Gasteiger partial charge in [0.05, 0.1) is 30.3 Å². The van der Waals surface area contributed by atoms with E-state index < -0.39 is 10.0 Å². The van der Waals surface area contributed by atoms with Crippen LogP contribution in [0.3, 0.4) is 0 Å². The maximum absolute atomic E-state index is 12.8. The predicted octanol–water partition coefficient (Wildman–Crippen LogP) is 1.70. The van der Waals surface area contributed by atoms with Crippen molar-refractivity contribution in [3.05, 3.63) is 16.3 Å². The monoisotopic (exact) mass is 386 g/mol. The highest BCUT2D eigenvalue weighted by Crippen LogP contribution is 2.39. The first kappa shape index (κ1) is 17.9. The smallest absolute Gasteiger partial charge is 0.243 e. The highest BCUT2D eigenvalue weighted by molar-refractivity contribution is 7.89. The molecular weight excluding hydrogens is 360 g/mol. The molecule has 3 aliphatic heterocycles. The summed E-state index contributed by atoms with van der Waals surface area (Å²) in [7, 11) is -3.36. The molecule has 1 atom stereocenters. The lowest BCUT2D eigenvalue weighted by molar-refractivity contribution is -0.0328. The Morgan fingerprint density at radius 1 is 1.20 bits per heavy atom. The molecule has 1 aromatic rings. The first-order chi connectivity index (χ1) is 12.0. The lowest BCUT2D eigenvalue weighted by atomic mass is 9.88. The fourth-order valence-electron chi connectivity index (χ4n) is 4.18. The number of thiophene rings is 1.